The van der Waals surface area contributed by atoms with Crippen LogP contribution in [0.5, 0.6) is 0 Å². The van der Waals surface area contributed by atoms with E-state index in [1.54, 1.807) is 13.0 Å². The monoisotopic (exact) mass is 223 g/mol. The zero-order valence-electron chi connectivity index (χ0n) is 9.13. The molecule has 0 bridgehead atoms. The Balaban J connectivity index is 2.29. The first kappa shape index (κ1) is 11.1. The Bertz CT molecular complexity index is 406. The molecule has 1 N–H and O–H groups in total. The van der Waals surface area contributed by atoms with Crippen LogP contribution in [0.3, 0.4) is 0 Å². The summed E-state index contributed by atoms with van der Waals surface area (Å²) in [5.74, 6) is -0.557. The molecule has 0 aromatic heterocycles. The van der Waals surface area contributed by atoms with Crippen LogP contribution in [0, 0.1) is 5.82 Å². The van der Waals surface area contributed by atoms with Crippen molar-refractivity contribution in [2.24, 2.45) is 0 Å². The van der Waals surface area contributed by atoms with Crippen molar-refractivity contribution in [1.29, 1.82) is 0 Å². The fraction of sp³-hybridized carbons (Fsp3) is 0.417. The van der Waals surface area contributed by atoms with E-state index < -0.39 is 6.04 Å². The molecule has 1 atom stereocenters. The highest BCUT2D eigenvalue weighted by molar-refractivity contribution is 5.78. The number of esters is 1. The van der Waals surface area contributed by atoms with E-state index in [1.807, 2.05) is 0 Å². The molecule has 1 aliphatic rings. The number of ether oxygens (including phenoxy) is 1. The van der Waals surface area contributed by atoms with Crippen LogP contribution in [0.2, 0.25) is 0 Å². The summed E-state index contributed by atoms with van der Waals surface area (Å²) in [4.78, 5) is 11.7. The quantitative estimate of drug-likeness (QED) is 0.773. The molecular weight excluding hydrogens is 209 g/mol. The van der Waals surface area contributed by atoms with E-state index >= 15 is 0 Å². The van der Waals surface area contributed by atoms with Crippen LogP contribution in [0.1, 0.15) is 24.1 Å². The number of fused-ring (bicyclic) bond motifs is 1. The molecule has 0 saturated heterocycles. The van der Waals surface area contributed by atoms with Gasteiger partial charge in [-0.1, -0.05) is 6.07 Å². The number of rotatable bonds is 2. The Morgan fingerprint density at radius 1 is 1.62 bits per heavy atom. The zero-order chi connectivity index (χ0) is 11.5. The third-order valence-corrected chi connectivity index (χ3v) is 2.68. The zero-order valence-corrected chi connectivity index (χ0v) is 9.13. The normalized spacial score (nSPS) is 19.0. The SMILES string of the molecule is CCOC(=O)[C@H]1NCCc2cc(F)ccc21. The van der Waals surface area contributed by atoms with Crippen LogP contribution in [0.25, 0.3) is 0 Å². The molecule has 2 rings (SSSR count). The predicted molar refractivity (Wildman–Crippen MR) is 57.5 cm³/mol. The highest BCUT2D eigenvalue weighted by Crippen LogP contribution is 2.24. The van der Waals surface area contributed by atoms with Gasteiger partial charge in [0, 0.05) is 6.54 Å². The van der Waals surface area contributed by atoms with Crippen LogP contribution in [0.4, 0.5) is 4.39 Å². The van der Waals surface area contributed by atoms with Crippen molar-refractivity contribution in [3.63, 3.8) is 0 Å². The van der Waals surface area contributed by atoms with Gasteiger partial charge in [0.15, 0.2) is 0 Å². The molecule has 1 aromatic carbocycles. The van der Waals surface area contributed by atoms with Crippen molar-refractivity contribution in [3.8, 4) is 0 Å². The van der Waals surface area contributed by atoms with E-state index in [1.165, 1.54) is 12.1 Å². The highest BCUT2D eigenvalue weighted by Gasteiger charge is 2.27. The van der Waals surface area contributed by atoms with Crippen LogP contribution in [-0.2, 0) is 16.0 Å². The van der Waals surface area contributed by atoms with Gasteiger partial charge in [-0.25, -0.2) is 9.18 Å². The number of nitrogens with one attached hydrogen (secondary N) is 1. The van der Waals surface area contributed by atoms with Gasteiger partial charge < -0.3 is 10.1 Å². The van der Waals surface area contributed by atoms with E-state index in [2.05, 4.69) is 5.32 Å². The van der Waals surface area contributed by atoms with E-state index in [-0.39, 0.29) is 11.8 Å². The molecule has 4 heteroatoms. The van der Waals surface area contributed by atoms with Crippen LogP contribution < -0.4 is 5.32 Å². The molecule has 0 saturated carbocycles. The lowest BCUT2D eigenvalue weighted by molar-refractivity contribution is -0.146. The Morgan fingerprint density at radius 2 is 2.44 bits per heavy atom. The molecule has 0 aliphatic carbocycles. The van der Waals surface area contributed by atoms with Gasteiger partial charge in [-0.15, -0.1) is 0 Å². The van der Waals surface area contributed by atoms with Crippen LogP contribution in [-0.4, -0.2) is 19.1 Å². The molecule has 0 spiro atoms. The summed E-state index contributed by atoms with van der Waals surface area (Å²) in [6, 6.07) is 4.06. The second-order valence-corrected chi connectivity index (χ2v) is 3.73. The van der Waals surface area contributed by atoms with E-state index in [9.17, 15) is 9.18 Å². The molecule has 0 unspecified atom stereocenters. The first-order chi connectivity index (χ1) is 7.72. The number of hydrogen-bond donors (Lipinski definition) is 1. The molecule has 1 aromatic rings. The van der Waals surface area contributed by atoms with Crippen LogP contribution in [0.15, 0.2) is 18.2 Å². The minimum absolute atomic E-state index is 0.261. The van der Waals surface area contributed by atoms with Gasteiger partial charge in [0.05, 0.1) is 6.61 Å². The topological polar surface area (TPSA) is 38.3 Å². The summed E-state index contributed by atoms with van der Waals surface area (Å²) in [6.07, 6.45) is 0.739. The van der Waals surface area contributed by atoms with E-state index in [0.717, 1.165) is 17.5 Å². The van der Waals surface area contributed by atoms with Crippen molar-refractivity contribution < 1.29 is 13.9 Å². The van der Waals surface area contributed by atoms with Gasteiger partial charge in [0.25, 0.3) is 0 Å². The third-order valence-electron chi connectivity index (χ3n) is 2.68. The fourth-order valence-corrected chi connectivity index (χ4v) is 1.97. The Hall–Kier alpha value is -1.42. The summed E-state index contributed by atoms with van der Waals surface area (Å²) in [5, 5.41) is 3.08. The van der Waals surface area contributed by atoms with Gasteiger partial charge in [0.1, 0.15) is 11.9 Å². The summed E-state index contributed by atoms with van der Waals surface area (Å²) >= 11 is 0. The van der Waals surface area contributed by atoms with Crippen molar-refractivity contribution >= 4 is 5.97 Å². The predicted octanol–water partition coefficient (Wildman–Crippen LogP) is 1.58. The van der Waals surface area contributed by atoms with Crippen molar-refractivity contribution in [2.45, 2.75) is 19.4 Å². The molecule has 0 amide bonds. The molecule has 16 heavy (non-hydrogen) atoms. The lowest BCUT2D eigenvalue weighted by Gasteiger charge is -2.25. The smallest absolute Gasteiger partial charge is 0.327 e. The summed E-state index contributed by atoms with van der Waals surface area (Å²) in [7, 11) is 0. The number of carbonyl (C=O) groups excluding carboxylic acids is 1. The van der Waals surface area contributed by atoms with Crippen molar-refractivity contribution in [2.75, 3.05) is 13.2 Å². The maximum Gasteiger partial charge on any atom is 0.327 e. The van der Waals surface area contributed by atoms with E-state index in [0.29, 0.717) is 13.2 Å². The van der Waals surface area contributed by atoms with Gasteiger partial charge >= 0.3 is 5.97 Å². The number of hydrogen-bond acceptors (Lipinski definition) is 3. The van der Waals surface area contributed by atoms with Gasteiger partial charge in [0.2, 0.25) is 0 Å². The number of benzene rings is 1. The molecular formula is C12H14FNO2. The standard InChI is InChI=1S/C12H14FNO2/c1-2-16-12(15)11-10-4-3-9(13)7-8(10)5-6-14-11/h3-4,7,11,14H,2,5-6H2,1H3/t11-/m0/s1. The van der Waals surface area contributed by atoms with E-state index in [4.69, 9.17) is 4.74 Å². The third kappa shape index (κ3) is 2.07. The minimum Gasteiger partial charge on any atom is -0.465 e. The molecule has 0 fully saturated rings. The average molecular weight is 223 g/mol. The second-order valence-electron chi connectivity index (χ2n) is 3.73. The molecule has 3 nitrogen and oxygen atoms in total. The number of halogens is 1. The summed E-state index contributed by atoms with van der Waals surface area (Å²) in [6.45, 7) is 2.79. The Kier molecular flexibility index (Phi) is 3.19. The maximum atomic E-state index is 13.0. The molecule has 1 heterocycles. The largest absolute Gasteiger partial charge is 0.465 e. The second kappa shape index (κ2) is 4.61. The lowest BCUT2D eigenvalue weighted by atomic mass is 9.94. The highest BCUT2D eigenvalue weighted by atomic mass is 19.1. The maximum absolute atomic E-state index is 13.0. The lowest BCUT2D eigenvalue weighted by Crippen LogP contribution is -2.36. The molecule has 0 radical (unpaired) electrons. The van der Waals surface area contributed by atoms with Crippen molar-refractivity contribution in [3.05, 3.63) is 35.1 Å². The van der Waals surface area contributed by atoms with Gasteiger partial charge in [-0.2, -0.15) is 0 Å². The summed E-state index contributed by atoms with van der Waals surface area (Å²) in [5.41, 5.74) is 1.71. The molecule has 1 aliphatic heterocycles. The molecule has 86 valence electrons. The summed E-state index contributed by atoms with van der Waals surface area (Å²) < 4.78 is 18.0. The fourth-order valence-electron chi connectivity index (χ4n) is 1.97. The number of carbonyl (C=O) groups is 1. The van der Waals surface area contributed by atoms with Gasteiger partial charge in [-0.3, -0.25) is 0 Å². The van der Waals surface area contributed by atoms with Gasteiger partial charge in [-0.05, 0) is 36.6 Å². The average Bonchev–Trinajstić information content (AvgIpc) is 2.28. The Labute approximate surface area is 93.6 Å². The first-order valence-corrected chi connectivity index (χ1v) is 5.40. The van der Waals surface area contributed by atoms with Crippen LogP contribution >= 0.6 is 0 Å². The minimum atomic E-state index is -0.454. The van der Waals surface area contributed by atoms with Crippen molar-refractivity contribution in [1.82, 2.24) is 5.32 Å². The first-order valence-electron chi connectivity index (χ1n) is 5.40. The Morgan fingerprint density at radius 3 is 3.19 bits per heavy atom.